The second-order valence-corrected chi connectivity index (χ2v) is 7.81. The second kappa shape index (κ2) is 13.3. The number of carbonyl (C=O) groups excluding carboxylic acids is 2. The van der Waals surface area contributed by atoms with Crippen LogP contribution in [0.3, 0.4) is 0 Å². The van der Waals surface area contributed by atoms with Crippen LogP contribution in [0, 0.1) is 0 Å². The highest BCUT2D eigenvalue weighted by molar-refractivity contribution is 14.0. The van der Waals surface area contributed by atoms with Crippen molar-refractivity contribution >= 4 is 41.9 Å². The van der Waals surface area contributed by atoms with E-state index in [4.69, 9.17) is 4.74 Å². The number of hydrogen-bond acceptors (Lipinski definition) is 4. The third-order valence-corrected chi connectivity index (χ3v) is 4.00. The van der Waals surface area contributed by atoms with E-state index in [1.54, 1.807) is 30.9 Å². The number of ether oxygens (including phenoxy) is 1. The van der Waals surface area contributed by atoms with Gasteiger partial charge in [-0.15, -0.1) is 24.0 Å². The molecule has 0 aliphatic heterocycles. The second-order valence-electron chi connectivity index (χ2n) is 7.81. The molecule has 0 spiro atoms. The molecule has 0 unspecified atom stereocenters. The maximum atomic E-state index is 12.2. The van der Waals surface area contributed by atoms with Crippen LogP contribution in [0.5, 0.6) is 0 Å². The van der Waals surface area contributed by atoms with Crippen molar-refractivity contribution in [2.45, 2.75) is 39.8 Å². The SMILES string of the molecule is CCN(CCNC(=NC)NCc1ccc(C(=O)N(C)C)cc1)C(=O)OC(C)(C)C.I. The van der Waals surface area contributed by atoms with Gasteiger partial charge in [0.25, 0.3) is 5.91 Å². The molecule has 170 valence electrons. The summed E-state index contributed by atoms with van der Waals surface area (Å²) in [7, 11) is 5.16. The van der Waals surface area contributed by atoms with Gasteiger partial charge in [0.15, 0.2) is 5.96 Å². The lowest BCUT2D eigenvalue weighted by Crippen LogP contribution is -2.44. The number of nitrogens with zero attached hydrogens (tertiary/aromatic N) is 3. The van der Waals surface area contributed by atoms with E-state index in [9.17, 15) is 9.59 Å². The Balaban J connectivity index is 0.00000841. The first-order chi connectivity index (χ1) is 13.6. The molecule has 0 aliphatic carbocycles. The number of rotatable bonds is 7. The van der Waals surface area contributed by atoms with Crippen molar-refractivity contribution in [1.82, 2.24) is 20.4 Å². The molecule has 2 N–H and O–H groups in total. The highest BCUT2D eigenvalue weighted by atomic mass is 127. The number of amides is 2. The molecule has 1 aromatic rings. The smallest absolute Gasteiger partial charge is 0.410 e. The number of aliphatic imine (C=N–C) groups is 1. The van der Waals surface area contributed by atoms with Gasteiger partial charge in [-0.1, -0.05) is 12.1 Å². The highest BCUT2D eigenvalue weighted by Crippen LogP contribution is 2.09. The van der Waals surface area contributed by atoms with Gasteiger partial charge in [-0.05, 0) is 45.4 Å². The zero-order valence-electron chi connectivity index (χ0n) is 19.1. The first-order valence-electron chi connectivity index (χ1n) is 9.80. The van der Waals surface area contributed by atoms with Crippen LogP contribution in [0.1, 0.15) is 43.6 Å². The van der Waals surface area contributed by atoms with E-state index in [1.165, 1.54) is 0 Å². The third kappa shape index (κ3) is 10.1. The monoisotopic (exact) mass is 533 g/mol. The average molecular weight is 533 g/mol. The van der Waals surface area contributed by atoms with Gasteiger partial charge < -0.3 is 25.2 Å². The fourth-order valence-corrected chi connectivity index (χ4v) is 2.44. The van der Waals surface area contributed by atoms with E-state index in [1.807, 2.05) is 52.0 Å². The topological polar surface area (TPSA) is 86.3 Å². The molecule has 1 aromatic carbocycles. The number of hydrogen-bond donors (Lipinski definition) is 2. The lowest BCUT2D eigenvalue weighted by Gasteiger charge is -2.26. The normalized spacial score (nSPS) is 11.2. The molecule has 0 saturated heterocycles. The van der Waals surface area contributed by atoms with Crippen molar-refractivity contribution in [1.29, 1.82) is 0 Å². The fraction of sp³-hybridized carbons (Fsp3) is 0.571. The van der Waals surface area contributed by atoms with Crippen molar-refractivity contribution in [3.63, 3.8) is 0 Å². The summed E-state index contributed by atoms with van der Waals surface area (Å²) < 4.78 is 5.41. The summed E-state index contributed by atoms with van der Waals surface area (Å²) >= 11 is 0. The molecule has 0 fully saturated rings. The average Bonchev–Trinajstić information content (AvgIpc) is 2.65. The van der Waals surface area contributed by atoms with Gasteiger partial charge in [0.05, 0.1) is 0 Å². The largest absolute Gasteiger partial charge is 0.444 e. The Labute approximate surface area is 197 Å². The van der Waals surface area contributed by atoms with Gasteiger partial charge in [0, 0.05) is 52.9 Å². The molecule has 30 heavy (non-hydrogen) atoms. The molecule has 0 heterocycles. The first kappa shape index (κ1) is 28.0. The Morgan fingerprint density at radius 2 is 1.70 bits per heavy atom. The molecule has 0 aliphatic rings. The minimum atomic E-state index is -0.512. The van der Waals surface area contributed by atoms with E-state index in [2.05, 4.69) is 15.6 Å². The summed E-state index contributed by atoms with van der Waals surface area (Å²) in [5.41, 5.74) is 1.18. The van der Waals surface area contributed by atoms with Gasteiger partial charge in [-0.3, -0.25) is 9.79 Å². The van der Waals surface area contributed by atoms with Crippen molar-refractivity contribution in [3.05, 3.63) is 35.4 Å². The molecule has 0 saturated carbocycles. The molecule has 0 bridgehead atoms. The Hall–Kier alpha value is -2.04. The predicted octanol–water partition coefficient (Wildman–Crippen LogP) is 2.93. The van der Waals surface area contributed by atoms with Crippen LogP contribution in [0.15, 0.2) is 29.3 Å². The van der Waals surface area contributed by atoms with E-state index >= 15 is 0 Å². The van der Waals surface area contributed by atoms with E-state index in [0.717, 1.165) is 5.56 Å². The van der Waals surface area contributed by atoms with Gasteiger partial charge in [-0.25, -0.2) is 4.79 Å². The van der Waals surface area contributed by atoms with Gasteiger partial charge in [0.2, 0.25) is 0 Å². The number of halogens is 1. The van der Waals surface area contributed by atoms with Gasteiger partial charge in [0.1, 0.15) is 5.60 Å². The van der Waals surface area contributed by atoms with Crippen LogP contribution >= 0.6 is 24.0 Å². The molecule has 0 aromatic heterocycles. The fourth-order valence-electron chi connectivity index (χ4n) is 2.44. The van der Waals surface area contributed by atoms with Crippen LogP contribution in [-0.4, -0.2) is 74.1 Å². The van der Waals surface area contributed by atoms with Crippen LogP contribution < -0.4 is 10.6 Å². The first-order valence-corrected chi connectivity index (χ1v) is 9.80. The van der Waals surface area contributed by atoms with Crippen LogP contribution in [0.4, 0.5) is 4.79 Å². The highest BCUT2D eigenvalue weighted by Gasteiger charge is 2.20. The van der Waals surface area contributed by atoms with Crippen LogP contribution in [0.2, 0.25) is 0 Å². The minimum Gasteiger partial charge on any atom is -0.444 e. The summed E-state index contributed by atoms with van der Waals surface area (Å²) in [6, 6.07) is 7.46. The molecule has 0 atom stereocenters. The minimum absolute atomic E-state index is 0. The Morgan fingerprint density at radius 1 is 1.10 bits per heavy atom. The quantitative estimate of drug-likeness (QED) is 0.320. The summed E-state index contributed by atoms with van der Waals surface area (Å²) in [6.45, 7) is 9.67. The van der Waals surface area contributed by atoms with E-state index < -0.39 is 5.60 Å². The number of nitrogens with one attached hydrogen (secondary N) is 2. The Morgan fingerprint density at radius 3 is 2.17 bits per heavy atom. The molecule has 0 radical (unpaired) electrons. The zero-order valence-corrected chi connectivity index (χ0v) is 21.4. The van der Waals surface area contributed by atoms with Crippen molar-refractivity contribution in [3.8, 4) is 0 Å². The lowest BCUT2D eigenvalue weighted by atomic mass is 10.1. The summed E-state index contributed by atoms with van der Waals surface area (Å²) in [6.07, 6.45) is -0.322. The van der Waals surface area contributed by atoms with Crippen molar-refractivity contribution in [2.75, 3.05) is 40.8 Å². The van der Waals surface area contributed by atoms with Crippen molar-refractivity contribution < 1.29 is 14.3 Å². The lowest BCUT2D eigenvalue weighted by molar-refractivity contribution is 0.0263. The standard InChI is InChI=1S/C21H35N5O3.HI/c1-8-26(20(28)29-21(2,3)4)14-13-23-19(22-5)24-15-16-9-11-17(12-10-16)18(27)25(6)7;/h9-12H,8,13-15H2,1-7H3,(H2,22,23,24);1H. The Bertz CT molecular complexity index is 700. The number of guanidine groups is 1. The molecule has 9 heteroatoms. The molecular formula is C21H36IN5O3. The van der Waals surface area contributed by atoms with Gasteiger partial charge >= 0.3 is 6.09 Å². The van der Waals surface area contributed by atoms with Crippen LogP contribution in [0.25, 0.3) is 0 Å². The molecule has 8 nitrogen and oxygen atoms in total. The molecule has 2 amide bonds. The zero-order chi connectivity index (χ0) is 22.0. The van der Waals surface area contributed by atoms with Crippen molar-refractivity contribution in [2.24, 2.45) is 4.99 Å². The van der Waals surface area contributed by atoms with E-state index in [-0.39, 0.29) is 36.0 Å². The van der Waals surface area contributed by atoms with Gasteiger partial charge in [-0.2, -0.15) is 0 Å². The number of likely N-dealkylation sites (N-methyl/N-ethyl adjacent to an activating group) is 1. The maximum absolute atomic E-state index is 12.2. The van der Waals surface area contributed by atoms with E-state index in [0.29, 0.717) is 37.7 Å². The van der Waals surface area contributed by atoms with Crippen LogP contribution in [-0.2, 0) is 11.3 Å². The summed E-state index contributed by atoms with van der Waals surface area (Å²) in [4.78, 5) is 31.5. The Kier molecular flexibility index (Phi) is 12.4. The molecule has 1 rings (SSSR count). The third-order valence-electron chi connectivity index (χ3n) is 4.00. The number of benzene rings is 1. The maximum Gasteiger partial charge on any atom is 0.410 e. The number of carbonyl (C=O) groups is 2. The summed E-state index contributed by atoms with van der Waals surface area (Å²) in [5, 5.41) is 6.42. The summed E-state index contributed by atoms with van der Waals surface area (Å²) in [5.74, 6) is 0.617. The molecular weight excluding hydrogens is 497 g/mol. The predicted molar refractivity (Wildman–Crippen MR) is 132 cm³/mol.